The van der Waals surface area contributed by atoms with Crippen LogP contribution >= 0.6 is 11.8 Å². The number of rotatable bonds is 16. The molecule has 0 spiro atoms. The highest BCUT2D eigenvalue weighted by Gasteiger charge is 2.57. The van der Waals surface area contributed by atoms with Gasteiger partial charge in [-0.25, -0.2) is 14.3 Å². The van der Waals surface area contributed by atoms with E-state index in [-0.39, 0.29) is 5.88 Å². The molecule has 0 saturated carbocycles. The van der Waals surface area contributed by atoms with Gasteiger partial charge in [0.25, 0.3) is 0 Å². The zero-order chi connectivity index (χ0) is 43.4. The highest BCUT2D eigenvalue weighted by Crippen LogP contribution is 2.38. The van der Waals surface area contributed by atoms with Crippen LogP contribution in [-0.2, 0) is 96.3 Å². The zero-order valence-electron chi connectivity index (χ0n) is 32.7. The maximum Gasteiger partial charge on any atom is 0.361 e. The van der Waals surface area contributed by atoms with E-state index < -0.39 is 139 Å². The molecule has 2 aliphatic heterocycles. The van der Waals surface area contributed by atoms with E-state index >= 15 is 0 Å². The van der Waals surface area contributed by atoms with Crippen molar-refractivity contribution in [1.29, 1.82) is 0 Å². The van der Waals surface area contributed by atoms with Crippen LogP contribution in [0.1, 0.15) is 69.4 Å². The quantitative estimate of drug-likeness (QED) is 0.145. The highest BCUT2D eigenvalue weighted by molar-refractivity contribution is 7.98. The van der Waals surface area contributed by atoms with Crippen molar-refractivity contribution in [3.8, 4) is 0 Å². The van der Waals surface area contributed by atoms with Gasteiger partial charge in [0.05, 0.1) is 20.1 Å². The van der Waals surface area contributed by atoms with Crippen LogP contribution in [0.25, 0.3) is 0 Å². The minimum atomic E-state index is -1.87. The van der Waals surface area contributed by atoms with Gasteiger partial charge in [-0.3, -0.25) is 33.6 Å². The van der Waals surface area contributed by atoms with Crippen LogP contribution in [0.3, 0.4) is 0 Å². The Kier molecular flexibility index (Phi) is 17.3. The lowest BCUT2D eigenvalue weighted by Crippen LogP contribution is -2.66. The van der Waals surface area contributed by atoms with Crippen LogP contribution in [-0.4, -0.2) is 157 Å². The Bertz CT molecular complexity index is 1720. The maximum absolute atomic E-state index is 12.7. The summed E-state index contributed by atoms with van der Waals surface area (Å²) in [4.78, 5) is 111. The molecule has 2 fully saturated rings. The lowest BCUT2D eigenvalue weighted by atomic mass is 9.96. The Morgan fingerprint density at radius 1 is 0.569 bits per heavy atom. The molecule has 0 radical (unpaired) electrons. The molecule has 2 aliphatic rings. The molecule has 322 valence electrons. The van der Waals surface area contributed by atoms with Gasteiger partial charge in [-0.1, -0.05) is 5.21 Å². The lowest BCUT2D eigenvalue weighted by molar-refractivity contribution is -0.341. The second-order valence-electron chi connectivity index (χ2n) is 12.2. The number of hydrogen-bond acceptors (Lipinski definition) is 24. The third-order valence-corrected chi connectivity index (χ3v) is 8.84. The van der Waals surface area contributed by atoms with Gasteiger partial charge in [-0.15, -0.1) is 16.9 Å². The fraction of sp³-hybridized carbons (Fsp3) is 0.667. The Morgan fingerprint density at radius 2 is 1.02 bits per heavy atom. The molecule has 0 N–H and O–H groups in total. The maximum atomic E-state index is 12.7. The molecule has 10 atom stereocenters. The Labute approximate surface area is 333 Å². The predicted octanol–water partition coefficient (Wildman–Crippen LogP) is -0.838. The molecule has 2 saturated heterocycles. The molecular weight excluding hydrogens is 806 g/mol. The van der Waals surface area contributed by atoms with E-state index in [1.807, 2.05) is 0 Å². The summed E-state index contributed by atoms with van der Waals surface area (Å²) in [5.74, 6) is -8.63. The molecule has 1 aromatic rings. The van der Waals surface area contributed by atoms with E-state index in [0.717, 1.165) is 79.1 Å². The van der Waals surface area contributed by atoms with Gasteiger partial charge in [-0.2, -0.15) is 0 Å². The molecule has 0 bridgehead atoms. The van der Waals surface area contributed by atoms with Crippen LogP contribution in [0.4, 0.5) is 0 Å². The normalized spacial score (nSPS) is 26.5. The monoisotopic (exact) mass is 849 g/mol. The minimum Gasteiger partial charge on any atom is -0.464 e. The number of ether oxygens (including phenoxy) is 12. The number of methoxy groups -OCH3 is 2. The van der Waals surface area contributed by atoms with E-state index in [0.29, 0.717) is 0 Å². The molecular formula is C33H43N3O21S. The second kappa shape index (κ2) is 21.4. The largest absolute Gasteiger partial charge is 0.464 e. The van der Waals surface area contributed by atoms with Crippen molar-refractivity contribution in [2.45, 2.75) is 115 Å². The van der Waals surface area contributed by atoms with Gasteiger partial charge in [0, 0.05) is 48.5 Å². The molecule has 24 nitrogen and oxygen atoms in total. The summed E-state index contributed by atoms with van der Waals surface area (Å²) in [5, 5.41) is 7.52. The average molecular weight is 850 g/mol. The van der Waals surface area contributed by atoms with Crippen LogP contribution in [0.5, 0.6) is 0 Å². The lowest BCUT2D eigenvalue weighted by Gasteiger charge is -2.48. The van der Waals surface area contributed by atoms with Crippen LogP contribution < -0.4 is 0 Å². The number of carbonyl (C=O) groups is 9. The summed E-state index contributed by atoms with van der Waals surface area (Å²) < 4.78 is 67.0. The molecule has 25 heteroatoms. The van der Waals surface area contributed by atoms with E-state index in [2.05, 4.69) is 15.0 Å². The molecule has 58 heavy (non-hydrogen) atoms. The summed E-state index contributed by atoms with van der Waals surface area (Å²) in [6, 6.07) is 0. The zero-order valence-corrected chi connectivity index (χ0v) is 33.5. The molecule has 0 amide bonds. The van der Waals surface area contributed by atoms with Crippen LogP contribution in [0.2, 0.25) is 0 Å². The van der Waals surface area contributed by atoms with Gasteiger partial charge in [-0.05, 0) is 0 Å². The first-order valence-corrected chi connectivity index (χ1v) is 18.1. The Hall–Kier alpha value is -5.40. The highest BCUT2D eigenvalue weighted by atomic mass is 32.2. The van der Waals surface area contributed by atoms with Crippen LogP contribution in [0, 0.1) is 0 Å². The van der Waals surface area contributed by atoms with E-state index in [1.54, 1.807) is 0 Å². The van der Waals surface area contributed by atoms with Crippen molar-refractivity contribution < 1.29 is 100.0 Å². The molecule has 3 heterocycles. The summed E-state index contributed by atoms with van der Waals surface area (Å²) in [6.07, 6.45) is -14.8. The third-order valence-electron chi connectivity index (χ3n) is 7.74. The molecule has 1 aromatic heterocycles. The standard InChI is InChI=1S/C33H43N3O21S/c1-13(37)48-10-20-24(50-15(3)39)26(51-16(4)40)28(53-18(6)42)32(55-20)57-25-21(11-49-14(2)38)56-33(29(54-19(7)43)27(25)52-17(5)41)58-12-36-23(31(45)47-9)22(34-35-36)30(44)46-8/h20-21,24-29,32-33H,10-12H2,1-9H3/t20-,21-,24-,25-,26+,27+,28-,29-,32+,33+/m1/s1. The number of carbonyl (C=O) groups excluding carboxylic acids is 9. The Morgan fingerprint density at radius 3 is 1.50 bits per heavy atom. The summed E-state index contributed by atoms with van der Waals surface area (Å²) in [5.41, 5.74) is -2.28. The second-order valence-corrected chi connectivity index (χ2v) is 13.3. The summed E-state index contributed by atoms with van der Waals surface area (Å²) in [7, 11) is 2.10. The Balaban J connectivity index is 2.17. The topological polar surface area (TPSA) is 295 Å². The fourth-order valence-electron chi connectivity index (χ4n) is 5.69. The summed E-state index contributed by atoms with van der Waals surface area (Å²) >= 11 is 0.783. The minimum absolute atomic E-state index is 0.366. The first-order chi connectivity index (χ1) is 27.3. The number of aromatic nitrogens is 3. The summed E-state index contributed by atoms with van der Waals surface area (Å²) in [6.45, 7) is 5.98. The van der Waals surface area contributed by atoms with Crippen molar-refractivity contribution in [2.75, 3.05) is 27.4 Å². The SMILES string of the molecule is COC(=O)c1nnn(CS[C@@H]2O[C@H](COC(C)=O)[C@@H](O[C@@H]3O[C@H](COC(C)=O)[C@@H](OC(C)=O)[C@H](OC(C)=O)[C@H]3OC(C)=O)[C@H](OC(C)=O)[C@H]2OC(C)=O)c1C(=O)OC. The van der Waals surface area contributed by atoms with Crippen molar-refractivity contribution in [3.63, 3.8) is 0 Å². The van der Waals surface area contributed by atoms with Gasteiger partial charge < -0.3 is 56.8 Å². The number of thioether (sulfide) groups is 1. The van der Waals surface area contributed by atoms with Crippen LogP contribution in [0.15, 0.2) is 0 Å². The predicted molar refractivity (Wildman–Crippen MR) is 184 cm³/mol. The number of esters is 9. The number of hydrogen-bond donors (Lipinski definition) is 0. The fourth-order valence-corrected chi connectivity index (χ4v) is 6.78. The van der Waals surface area contributed by atoms with Crippen molar-refractivity contribution in [3.05, 3.63) is 11.4 Å². The first kappa shape index (κ1) is 47.0. The van der Waals surface area contributed by atoms with Crippen molar-refractivity contribution >= 4 is 65.5 Å². The van der Waals surface area contributed by atoms with E-state index in [4.69, 9.17) is 52.1 Å². The molecule has 0 unspecified atom stereocenters. The van der Waals surface area contributed by atoms with Gasteiger partial charge >= 0.3 is 53.7 Å². The van der Waals surface area contributed by atoms with Gasteiger partial charge in [0.2, 0.25) is 5.69 Å². The first-order valence-electron chi connectivity index (χ1n) is 17.1. The van der Waals surface area contributed by atoms with E-state index in [9.17, 15) is 43.2 Å². The molecule has 0 aliphatic carbocycles. The van der Waals surface area contributed by atoms with Gasteiger partial charge in [0.1, 0.15) is 37.0 Å². The average Bonchev–Trinajstić information content (AvgIpc) is 3.55. The molecule has 3 rings (SSSR count). The number of nitrogens with zero attached hydrogens (tertiary/aromatic N) is 3. The van der Waals surface area contributed by atoms with Crippen molar-refractivity contribution in [2.24, 2.45) is 0 Å². The van der Waals surface area contributed by atoms with Gasteiger partial charge in [0.15, 0.2) is 42.5 Å². The smallest absolute Gasteiger partial charge is 0.361 e. The molecule has 0 aromatic carbocycles. The van der Waals surface area contributed by atoms with Crippen molar-refractivity contribution in [1.82, 2.24) is 15.0 Å². The third kappa shape index (κ3) is 12.8. The van der Waals surface area contributed by atoms with E-state index in [1.165, 1.54) is 0 Å².